The molecule has 1 aromatic rings. The van der Waals surface area contributed by atoms with E-state index in [4.69, 9.17) is 0 Å². The van der Waals surface area contributed by atoms with Crippen molar-refractivity contribution in [2.24, 2.45) is 5.92 Å². The summed E-state index contributed by atoms with van der Waals surface area (Å²) in [5.41, 5.74) is 0.572. The molecule has 1 amide bonds. The topological polar surface area (TPSA) is 69.0 Å². The number of hydrogen-bond acceptors (Lipinski definition) is 4. The summed E-state index contributed by atoms with van der Waals surface area (Å²) in [6, 6.07) is 5.94. The molecule has 0 saturated carbocycles. The van der Waals surface area contributed by atoms with E-state index in [1.54, 1.807) is 18.3 Å². The summed E-state index contributed by atoms with van der Waals surface area (Å²) in [5.74, 6) is 0.797. The Morgan fingerprint density at radius 3 is 3.18 bits per heavy atom. The minimum atomic E-state index is -0.0263. The van der Waals surface area contributed by atoms with Gasteiger partial charge in [0.05, 0.1) is 11.5 Å². The Morgan fingerprint density at radius 1 is 1.64 bits per heavy atom. The summed E-state index contributed by atoms with van der Waals surface area (Å²) in [6.07, 6.45) is 5.61. The number of carbonyl (C=O) groups is 1. The van der Waals surface area contributed by atoms with Crippen molar-refractivity contribution in [3.8, 4) is 6.07 Å². The molecule has 5 heteroatoms. The van der Waals surface area contributed by atoms with Crippen LogP contribution in [0.25, 0.3) is 0 Å². The molecular weight excluding hydrogens is 276 g/mol. The molecule has 1 aliphatic rings. The molecule has 0 radical (unpaired) electrons. The maximum atomic E-state index is 12.4. The number of nitrogens with one attached hydrogen (secondary N) is 1. The first kappa shape index (κ1) is 16.3. The van der Waals surface area contributed by atoms with Crippen molar-refractivity contribution >= 4 is 11.7 Å². The van der Waals surface area contributed by atoms with Crippen LogP contribution >= 0.6 is 0 Å². The second-order valence-corrected chi connectivity index (χ2v) is 5.97. The van der Waals surface area contributed by atoms with E-state index in [0.717, 1.165) is 32.2 Å². The highest BCUT2D eigenvalue weighted by molar-refractivity contribution is 5.80. The molecule has 0 aromatic carbocycles. The average molecular weight is 300 g/mol. The Kier molecular flexibility index (Phi) is 5.76. The van der Waals surface area contributed by atoms with Crippen molar-refractivity contribution in [2.75, 3.05) is 18.0 Å². The lowest BCUT2D eigenvalue weighted by Gasteiger charge is -2.33. The Morgan fingerprint density at radius 2 is 2.45 bits per heavy atom. The molecule has 1 aliphatic heterocycles. The van der Waals surface area contributed by atoms with Gasteiger partial charge in [0.15, 0.2) is 0 Å². The lowest BCUT2D eigenvalue weighted by atomic mass is 9.96. The van der Waals surface area contributed by atoms with Crippen molar-refractivity contribution in [1.29, 1.82) is 5.26 Å². The number of anilines is 1. The summed E-state index contributed by atoms with van der Waals surface area (Å²) >= 11 is 0. The monoisotopic (exact) mass is 300 g/mol. The Balaban J connectivity index is 2.03. The Hall–Kier alpha value is -2.09. The molecule has 0 unspecified atom stereocenters. The van der Waals surface area contributed by atoms with Crippen LogP contribution in [0, 0.1) is 17.2 Å². The van der Waals surface area contributed by atoms with Crippen LogP contribution in [-0.4, -0.2) is 30.0 Å². The molecule has 2 rings (SSSR count). The van der Waals surface area contributed by atoms with Gasteiger partial charge in [-0.3, -0.25) is 4.79 Å². The largest absolute Gasteiger partial charge is 0.355 e. The first-order valence-electron chi connectivity index (χ1n) is 8.06. The zero-order chi connectivity index (χ0) is 15.9. The number of hydrogen-bond donors (Lipinski definition) is 1. The highest BCUT2D eigenvalue weighted by atomic mass is 16.2. The number of nitrogens with zero attached hydrogens (tertiary/aromatic N) is 3. The van der Waals surface area contributed by atoms with E-state index in [9.17, 15) is 10.1 Å². The van der Waals surface area contributed by atoms with Gasteiger partial charge in [-0.15, -0.1) is 0 Å². The fourth-order valence-electron chi connectivity index (χ4n) is 2.99. The number of piperidine rings is 1. The quantitative estimate of drug-likeness (QED) is 0.907. The fraction of sp³-hybridized carbons (Fsp3) is 0.588. The lowest BCUT2D eigenvalue weighted by Crippen LogP contribution is -2.45. The van der Waals surface area contributed by atoms with Crippen LogP contribution < -0.4 is 10.2 Å². The fourth-order valence-corrected chi connectivity index (χ4v) is 2.99. The second kappa shape index (κ2) is 7.79. The van der Waals surface area contributed by atoms with E-state index in [0.29, 0.717) is 17.9 Å². The van der Waals surface area contributed by atoms with E-state index >= 15 is 0 Å². The van der Waals surface area contributed by atoms with Gasteiger partial charge in [-0.05, 0) is 38.3 Å². The van der Waals surface area contributed by atoms with Crippen molar-refractivity contribution in [1.82, 2.24) is 10.3 Å². The van der Waals surface area contributed by atoms with E-state index in [1.165, 1.54) is 0 Å². The van der Waals surface area contributed by atoms with E-state index in [2.05, 4.69) is 35.1 Å². The van der Waals surface area contributed by atoms with E-state index in [1.807, 2.05) is 0 Å². The molecule has 2 atom stereocenters. The van der Waals surface area contributed by atoms with Crippen LogP contribution in [0.3, 0.4) is 0 Å². The van der Waals surface area contributed by atoms with Gasteiger partial charge in [0.25, 0.3) is 0 Å². The number of carbonyl (C=O) groups excluding carboxylic acids is 1. The standard InChI is InChI=1S/C17H24N4O/c1-3-6-13(2)20-17(22)15-8-5-10-21(12-15)16-14(11-18)7-4-9-19-16/h4,7,9,13,15H,3,5-6,8,10,12H2,1-2H3,(H,20,22)/t13-,15-/m0/s1. The lowest BCUT2D eigenvalue weighted by molar-refractivity contribution is -0.125. The highest BCUT2D eigenvalue weighted by Crippen LogP contribution is 2.24. The van der Waals surface area contributed by atoms with Gasteiger partial charge in [-0.25, -0.2) is 4.98 Å². The molecule has 0 bridgehead atoms. The van der Waals surface area contributed by atoms with Crippen LogP contribution in [0.5, 0.6) is 0 Å². The SMILES string of the molecule is CCC[C@H](C)NC(=O)[C@H]1CCCN(c2ncccc2C#N)C1. The maximum Gasteiger partial charge on any atom is 0.225 e. The number of rotatable bonds is 5. The average Bonchev–Trinajstić information content (AvgIpc) is 2.55. The molecule has 2 heterocycles. The van der Waals surface area contributed by atoms with Crippen LogP contribution in [0.1, 0.15) is 45.1 Å². The van der Waals surface area contributed by atoms with Gasteiger partial charge in [0.1, 0.15) is 11.9 Å². The predicted molar refractivity (Wildman–Crippen MR) is 86.4 cm³/mol. The Labute approximate surface area is 132 Å². The molecular formula is C17H24N4O. The summed E-state index contributed by atoms with van der Waals surface area (Å²) in [5, 5.41) is 12.3. The summed E-state index contributed by atoms with van der Waals surface area (Å²) in [7, 11) is 0. The minimum absolute atomic E-state index is 0.0263. The van der Waals surface area contributed by atoms with Gasteiger partial charge in [0.2, 0.25) is 5.91 Å². The van der Waals surface area contributed by atoms with Gasteiger partial charge in [0, 0.05) is 25.3 Å². The maximum absolute atomic E-state index is 12.4. The van der Waals surface area contributed by atoms with Crippen molar-refractivity contribution in [3.05, 3.63) is 23.9 Å². The molecule has 1 fully saturated rings. The molecule has 22 heavy (non-hydrogen) atoms. The third kappa shape index (κ3) is 3.97. The third-order valence-corrected chi connectivity index (χ3v) is 4.11. The molecule has 5 nitrogen and oxygen atoms in total. The van der Waals surface area contributed by atoms with E-state index < -0.39 is 0 Å². The predicted octanol–water partition coefficient (Wildman–Crippen LogP) is 2.47. The third-order valence-electron chi connectivity index (χ3n) is 4.11. The minimum Gasteiger partial charge on any atom is -0.355 e. The number of nitriles is 1. The number of aromatic nitrogens is 1. The first-order valence-corrected chi connectivity index (χ1v) is 8.06. The van der Waals surface area contributed by atoms with Crippen LogP contribution in [0.4, 0.5) is 5.82 Å². The summed E-state index contributed by atoms with van der Waals surface area (Å²) in [4.78, 5) is 18.8. The number of amides is 1. The summed E-state index contributed by atoms with van der Waals surface area (Å²) < 4.78 is 0. The highest BCUT2D eigenvalue weighted by Gasteiger charge is 2.28. The number of pyridine rings is 1. The van der Waals surface area contributed by atoms with Gasteiger partial charge in [-0.1, -0.05) is 13.3 Å². The van der Waals surface area contributed by atoms with Gasteiger partial charge < -0.3 is 10.2 Å². The molecule has 1 aromatic heterocycles. The van der Waals surface area contributed by atoms with Crippen LogP contribution in [-0.2, 0) is 4.79 Å². The van der Waals surface area contributed by atoms with Crippen molar-refractivity contribution in [2.45, 2.75) is 45.6 Å². The van der Waals surface area contributed by atoms with Gasteiger partial charge in [-0.2, -0.15) is 5.26 Å². The van der Waals surface area contributed by atoms with Crippen LogP contribution in [0.2, 0.25) is 0 Å². The summed E-state index contributed by atoms with van der Waals surface area (Å²) in [6.45, 7) is 5.65. The molecule has 118 valence electrons. The normalized spacial score (nSPS) is 19.3. The Bertz CT molecular complexity index is 552. The molecule has 1 saturated heterocycles. The van der Waals surface area contributed by atoms with Crippen LogP contribution in [0.15, 0.2) is 18.3 Å². The van der Waals surface area contributed by atoms with Crippen molar-refractivity contribution in [3.63, 3.8) is 0 Å². The smallest absolute Gasteiger partial charge is 0.225 e. The zero-order valence-electron chi connectivity index (χ0n) is 13.4. The molecule has 0 aliphatic carbocycles. The molecule has 0 spiro atoms. The van der Waals surface area contributed by atoms with Crippen molar-refractivity contribution < 1.29 is 4.79 Å². The van der Waals surface area contributed by atoms with Gasteiger partial charge >= 0.3 is 0 Å². The molecule has 1 N–H and O–H groups in total. The second-order valence-electron chi connectivity index (χ2n) is 5.97. The first-order chi connectivity index (χ1) is 10.7. The van der Waals surface area contributed by atoms with E-state index in [-0.39, 0.29) is 17.9 Å². The zero-order valence-corrected chi connectivity index (χ0v) is 13.4.